The molecule has 1 aliphatic rings. The fourth-order valence-corrected chi connectivity index (χ4v) is 2.55. The largest absolute Gasteiger partial charge is 0.489 e. The zero-order valence-corrected chi connectivity index (χ0v) is 12.1. The summed E-state index contributed by atoms with van der Waals surface area (Å²) < 4.78 is 16.3. The van der Waals surface area contributed by atoms with Crippen molar-refractivity contribution in [3.8, 4) is 0 Å². The summed E-state index contributed by atoms with van der Waals surface area (Å²) in [6, 6.07) is 9.86. The molecular formula is C16H20O4. The van der Waals surface area contributed by atoms with Crippen molar-refractivity contribution in [3.63, 3.8) is 0 Å². The topological polar surface area (TPSA) is 44.8 Å². The zero-order valence-electron chi connectivity index (χ0n) is 12.1. The average Bonchev–Trinajstić information content (AvgIpc) is 2.77. The number of rotatable bonds is 5. The molecule has 0 aromatic heterocycles. The lowest BCUT2D eigenvalue weighted by Gasteiger charge is -2.20. The Morgan fingerprint density at radius 2 is 2.00 bits per heavy atom. The number of benzene rings is 1. The smallest absolute Gasteiger partial charge is 0.337 e. The lowest BCUT2D eigenvalue weighted by atomic mass is 9.91. The molecular weight excluding hydrogens is 256 g/mol. The molecule has 1 aromatic carbocycles. The lowest BCUT2D eigenvalue weighted by Crippen LogP contribution is -2.22. The van der Waals surface area contributed by atoms with E-state index in [1.807, 2.05) is 30.3 Å². The number of esters is 1. The molecule has 0 amide bonds. The third-order valence-electron chi connectivity index (χ3n) is 3.39. The third kappa shape index (κ3) is 2.85. The van der Waals surface area contributed by atoms with Crippen LogP contribution in [0.2, 0.25) is 0 Å². The first-order valence-electron chi connectivity index (χ1n) is 6.77. The van der Waals surface area contributed by atoms with E-state index in [1.165, 1.54) is 0 Å². The van der Waals surface area contributed by atoms with Gasteiger partial charge in [0.2, 0.25) is 0 Å². The van der Waals surface area contributed by atoms with Crippen LogP contribution in [-0.2, 0) is 19.0 Å². The Morgan fingerprint density at radius 3 is 2.60 bits per heavy atom. The number of allylic oxidation sites excluding steroid dienone is 1. The maximum absolute atomic E-state index is 12.1. The Balaban J connectivity index is 2.28. The first kappa shape index (κ1) is 14.6. The van der Waals surface area contributed by atoms with Crippen molar-refractivity contribution in [2.75, 3.05) is 20.3 Å². The van der Waals surface area contributed by atoms with Gasteiger partial charge in [-0.2, -0.15) is 0 Å². The first-order chi connectivity index (χ1) is 9.69. The van der Waals surface area contributed by atoms with Gasteiger partial charge in [-0.25, -0.2) is 4.79 Å². The molecule has 0 aliphatic carbocycles. The number of carbonyl (C=O) groups is 1. The second kappa shape index (κ2) is 6.57. The standard InChI is InChI=1S/C16H20O4/c1-4-19-16(17)14-11(2)20-15(13(14)10-18-3)12-8-6-5-7-9-12/h5-9,13,15H,4,10H2,1-3H3/t13-,15-/m0/s1. The van der Waals surface area contributed by atoms with E-state index in [0.29, 0.717) is 24.5 Å². The summed E-state index contributed by atoms with van der Waals surface area (Å²) >= 11 is 0. The van der Waals surface area contributed by atoms with Crippen LogP contribution in [0.1, 0.15) is 25.5 Å². The van der Waals surface area contributed by atoms with Crippen molar-refractivity contribution in [2.45, 2.75) is 20.0 Å². The molecule has 2 rings (SSSR count). The predicted octanol–water partition coefficient (Wildman–Crippen LogP) is 2.86. The third-order valence-corrected chi connectivity index (χ3v) is 3.39. The summed E-state index contributed by atoms with van der Waals surface area (Å²) in [6.45, 7) is 4.37. The van der Waals surface area contributed by atoms with Crippen molar-refractivity contribution in [3.05, 3.63) is 47.2 Å². The molecule has 4 heteroatoms. The maximum atomic E-state index is 12.1. The van der Waals surface area contributed by atoms with Crippen LogP contribution >= 0.6 is 0 Å². The van der Waals surface area contributed by atoms with Gasteiger partial charge in [0.15, 0.2) is 0 Å². The monoisotopic (exact) mass is 276 g/mol. The lowest BCUT2D eigenvalue weighted by molar-refractivity contribution is -0.139. The van der Waals surface area contributed by atoms with Gasteiger partial charge in [0.25, 0.3) is 0 Å². The summed E-state index contributed by atoms with van der Waals surface area (Å²) in [6.07, 6.45) is -0.199. The van der Waals surface area contributed by atoms with Gasteiger partial charge >= 0.3 is 5.97 Å². The minimum Gasteiger partial charge on any atom is -0.489 e. The number of carbonyl (C=O) groups excluding carboxylic acids is 1. The second-order valence-electron chi connectivity index (χ2n) is 4.70. The highest BCUT2D eigenvalue weighted by atomic mass is 16.5. The highest BCUT2D eigenvalue weighted by Crippen LogP contribution is 2.41. The van der Waals surface area contributed by atoms with Crippen molar-refractivity contribution in [1.82, 2.24) is 0 Å². The van der Waals surface area contributed by atoms with Crippen LogP contribution < -0.4 is 0 Å². The molecule has 0 unspecified atom stereocenters. The van der Waals surface area contributed by atoms with Crippen LogP contribution in [0.25, 0.3) is 0 Å². The molecule has 2 atom stereocenters. The van der Waals surface area contributed by atoms with Crippen molar-refractivity contribution < 1.29 is 19.0 Å². The maximum Gasteiger partial charge on any atom is 0.337 e. The predicted molar refractivity (Wildman–Crippen MR) is 75.0 cm³/mol. The van der Waals surface area contributed by atoms with Crippen LogP contribution in [-0.4, -0.2) is 26.3 Å². The SMILES string of the molecule is CCOC(=O)C1=C(C)O[C@@H](c2ccccc2)[C@H]1COC. The van der Waals surface area contributed by atoms with Gasteiger partial charge in [0.05, 0.1) is 24.7 Å². The van der Waals surface area contributed by atoms with Crippen molar-refractivity contribution in [1.29, 1.82) is 0 Å². The molecule has 0 fully saturated rings. The number of methoxy groups -OCH3 is 1. The van der Waals surface area contributed by atoms with Gasteiger partial charge in [0, 0.05) is 7.11 Å². The molecule has 0 bridgehead atoms. The minimum absolute atomic E-state index is 0.138. The van der Waals surface area contributed by atoms with E-state index < -0.39 is 0 Å². The van der Waals surface area contributed by atoms with E-state index in [2.05, 4.69) is 0 Å². The van der Waals surface area contributed by atoms with E-state index >= 15 is 0 Å². The number of hydrogen-bond acceptors (Lipinski definition) is 4. The first-order valence-corrected chi connectivity index (χ1v) is 6.77. The molecule has 0 N–H and O–H groups in total. The van der Waals surface area contributed by atoms with Crippen molar-refractivity contribution >= 4 is 5.97 Å². The second-order valence-corrected chi connectivity index (χ2v) is 4.70. The molecule has 0 saturated carbocycles. The zero-order chi connectivity index (χ0) is 14.5. The van der Waals surface area contributed by atoms with Gasteiger partial charge in [0.1, 0.15) is 11.9 Å². The summed E-state index contributed by atoms with van der Waals surface area (Å²) in [5, 5.41) is 0. The Kier molecular flexibility index (Phi) is 4.79. The Morgan fingerprint density at radius 1 is 1.30 bits per heavy atom. The van der Waals surface area contributed by atoms with E-state index in [0.717, 1.165) is 5.56 Å². The summed E-state index contributed by atoms with van der Waals surface area (Å²) in [7, 11) is 1.62. The van der Waals surface area contributed by atoms with Crippen LogP contribution in [0.3, 0.4) is 0 Å². The highest BCUT2D eigenvalue weighted by Gasteiger charge is 2.40. The molecule has 20 heavy (non-hydrogen) atoms. The van der Waals surface area contributed by atoms with Gasteiger partial charge < -0.3 is 14.2 Å². The summed E-state index contributed by atoms with van der Waals surface area (Å²) in [4.78, 5) is 12.1. The molecule has 0 spiro atoms. The Hall–Kier alpha value is -1.81. The summed E-state index contributed by atoms with van der Waals surface area (Å²) in [5.74, 6) is 0.172. The quantitative estimate of drug-likeness (QED) is 0.776. The molecule has 1 aromatic rings. The highest BCUT2D eigenvalue weighted by molar-refractivity contribution is 5.90. The van der Waals surface area contributed by atoms with Crippen LogP contribution in [0, 0.1) is 5.92 Å². The summed E-state index contributed by atoms with van der Waals surface area (Å²) in [5.41, 5.74) is 1.62. The Labute approximate surface area is 119 Å². The number of hydrogen-bond donors (Lipinski definition) is 0. The number of ether oxygens (including phenoxy) is 3. The van der Waals surface area contributed by atoms with Crippen LogP contribution in [0.5, 0.6) is 0 Å². The van der Waals surface area contributed by atoms with Crippen LogP contribution in [0.15, 0.2) is 41.7 Å². The molecule has 4 nitrogen and oxygen atoms in total. The Bertz CT molecular complexity index is 492. The van der Waals surface area contributed by atoms with Crippen LogP contribution in [0.4, 0.5) is 0 Å². The minimum atomic E-state index is -0.314. The van der Waals surface area contributed by atoms with E-state index in [-0.39, 0.29) is 18.0 Å². The molecule has 0 saturated heterocycles. The fraction of sp³-hybridized carbons (Fsp3) is 0.438. The van der Waals surface area contributed by atoms with E-state index in [4.69, 9.17) is 14.2 Å². The van der Waals surface area contributed by atoms with Crippen molar-refractivity contribution in [2.24, 2.45) is 5.92 Å². The van der Waals surface area contributed by atoms with Gasteiger partial charge in [-0.05, 0) is 19.4 Å². The molecule has 1 aliphatic heterocycles. The average molecular weight is 276 g/mol. The molecule has 1 heterocycles. The van der Waals surface area contributed by atoms with Gasteiger partial charge in [-0.3, -0.25) is 0 Å². The fourth-order valence-electron chi connectivity index (χ4n) is 2.55. The molecule has 108 valence electrons. The van der Waals surface area contributed by atoms with Gasteiger partial charge in [-0.1, -0.05) is 30.3 Å². The van der Waals surface area contributed by atoms with Gasteiger partial charge in [-0.15, -0.1) is 0 Å². The normalized spacial score (nSPS) is 21.8. The van der Waals surface area contributed by atoms with E-state index in [1.54, 1.807) is 21.0 Å². The molecule has 0 radical (unpaired) electrons. The van der Waals surface area contributed by atoms with E-state index in [9.17, 15) is 4.79 Å².